The fraction of sp³-hybridized carbons (Fsp3) is 0.500. The van der Waals surface area contributed by atoms with E-state index in [0.717, 1.165) is 10.9 Å². The van der Waals surface area contributed by atoms with E-state index in [2.05, 4.69) is 28.1 Å². The number of imidazole rings is 1. The van der Waals surface area contributed by atoms with E-state index in [0.29, 0.717) is 0 Å². The van der Waals surface area contributed by atoms with E-state index in [-0.39, 0.29) is 92.6 Å². The van der Waals surface area contributed by atoms with Crippen LogP contribution in [-0.2, 0) is 31.6 Å². The molecule has 1 saturated heterocycles. The number of ether oxygens (including phenoxy) is 1. The van der Waals surface area contributed by atoms with Gasteiger partial charge in [-0.3, -0.25) is 27.8 Å². The Morgan fingerprint density at radius 1 is 1.14 bits per heavy atom. The summed E-state index contributed by atoms with van der Waals surface area (Å²) in [6.07, 6.45) is -6.76. The van der Waals surface area contributed by atoms with Crippen LogP contribution in [0.5, 0.6) is 0 Å². The summed E-state index contributed by atoms with van der Waals surface area (Å²) in [6, 6.07) is 0. The number of phosphoric ester groups is 1. The molecule has 0 saturated carbocycles. The number of alkyl halides is 1. The van der Waals surface area contributed by atoms with Crippen LogP contribution in [0.25, 0.3) is 11.2 Å². The molecular formula is C10H11FLi4N5O13P3. The van der Waals surface area contributed by atoms with Gasteiger partial charge in [0.15, 0.2) is 23.6 Å². The fourth-order valence-electron chi connectivity index (χ4n) is 2.64. The summed E-state index contributed by atoms with van der Waals surface area (Å²) in [5, 5.41) is 9.97. The molecule has 0 spiro atoms. The number of nitrogens with zero attached hydrogens (tertiary/aromatic N) is 3. The molecule has 1 aliphatic heterocycles. The first-order valence-corrected chi connectivity index (χ1v) is 12.4. The number of fused-ring (bicyclic) bond motifs is 1. The fourth-order valence-corrected chi connectivity index (χ4v) is 5.51. The van der Waals surface area contributed by atoms with Crippen molar-refractivity contribution in [3.05, 3.63) is 16.7 Å². The Kier molecular flexibility index (Phi) is 15.6. The van der Waals surface area contributed by atoms with Crippen molar-refractivity contribution in [1.29, 1.82) is 0 Å². The molecule has 4 N–H and O–H groups in total. The van der Waals surface area contributed by atoms with Crippen molar-refractivity contribution in [2.24, 2.45) is 0 Å². The second-order valence-electron chi connectivity index (χ2n) is 6.08. The van der Waals surface area contributed by atoms with Crippen LogP contribution in [0.15, 0.2) is 11.1 Å². The third kappa shape index (κ3) is 9.77. The van der Waals surface area contributed by atoms with Gasteiger partial charge in [-0.05, 0) is 0 Å². The van der Waals surface area contributed by atoms with Crippen LogP contribution >= 0.6 is 23.5 Å². The summed E-state index contributed by atoms with van der Waals surface area (Å²) < 4.78 is 64.1. The summed E-state index contributed by atoms with van der Waals surface area (Å²) >= 11 is 0. The number of nitrogens with two attached hydrogens (primary N) is 1. The zero-order valence-corrected chi connectivity index (χ0v) is 21.8. The second-order valence-corrected chi connectivity index (χ2v) is 10.3. The second kappa shape index (κ2) is 14.4. The summed E-state index contributed by atoms with van der Waals surface area (Å²) in [7, 11) is -18.3. The van der Waals surface area contributed by atoms with Crippen molar-refractivity contribution < 1.29 is 136 Å². The van der Waals surface area contributed by atoms with Crippen LogP contribution in [0.3, 0.4) is 0 Å². The monoisotopic (exact) mass is 549 g/mol. The van der Waals surface area contributed by atoms with Crippen LogP contribution in [0, 0.1) is 0 Å². The number of anilines is 1. The molecule has 2 aromatic rings. The number of H-pyrrole nitrogens is 1. The van der Waals surface area contributed by atoms with Gasteiger partial charge in [-0.15, -0.1) is 0 Å². The van der Waals surface area contributed by atoms with Gasteiger partial charge in [0, 0.05) is 0 Å². The molecule has 18 nitrogen and oxygen atoms in total. The Hall–Kier alpha value is 0.800. The molecule has 1 fully saturated rings. The molecule has 180 valence electrons. The molecule has 0 amide bonds. The first-order valence-electron chi connectivity index (χ1n) is 8.00. The minimum absolute atomic E-state index is 0. The summed E-state index contributed by atoms with van der Waals surface area (Å²) in [5.74, 6) is -0.340. The standard InChI is InChI=1S/C10H15FN5O13P3.4Li/c11-4-6(17)3(1-26-31(22,23)29-32(24,25)28-30(19,20)21)27-9(4)16-2-13-5-7(16)14-10(12)15-8(5)18;;;;/h2-4,6,9,17H,1H2,(H,22,23)(H,24,25)(H2,19,20,21)(H3,12,14,15,18);;;;/q;4*+1/p-4/t3-,4+,6?,9-;;;;/m1..../s1. The Bertz CT molecular complexity index is 1230. The molecule has 3 rings (SSSR count). The molecule has 0 bridgehead atoms. The van der Waals surface area contributed by atoms with Crippen molar-refractivity contribution in [3.8, 4) is 0 Å². The number of aromatic amines is 1. The van der Waals surface area contributed by atoms with Gasteiger partial charge in [-0.2, -0.15) is 4.98 Å². The van der Waals surface area contributed by atoms with Crippen LogP contribution in [0.1, 0.15) is 6.23 Å². The number of rotatable bonds is 8. The Balaban J connectivity index is 0. The topological polar surface area (TPSA) is 290 Å². The summed E-state index contributed by atoms with van der Waals surface area (Å²) in [5.41, 5.74) is 4.19. The first kappa shape index (κ1) is 38.9. The molecule has 36 heavy (non-hydrogen) atoms. The average molecular weight is 549 g/mol. The van der Waals surface area contributed by atoms with Gasteiger partial charge in [0.2, 0.25) is 5.95 Å². The SMILES string of the molecule is Nc1nc2c(ncn2[C@@H]2O[C@H](COP(=O)([O-])OP(=O)([O-])OP(=O)([O-])[O-])C(O)[C@@H]2F)c(=O)[nH]1.[Li+].[Li+].[Li+].[Li+]. The van der Waals surface area contributed by atoms with Gasteiger partial charge in [0.25, 0.3) is 21.2 Å². The normalized spacial score (nSPS) is 24.8. The molecule has 0 aromatic carbocycles. The van der Waals surface area contributed by atoms with Gasteiger partial charge < -0.3 is 44.2 Å². The van der Waals surface area contributed by atoms with Gasteiger partial charge in [-0.1, -0.05) is 0 Å². The molecular weight excluding hydrogens is 538 g/mol. The molecule has 6 atom stereocenters. The number of phosphoric acid groups is 3. The van der Waals surface area contributed by atoms with Gasteiger partial charge in [0.1, 0.15) is 12.2 Å². The Morgan fingerprint density at radius 2 is 1.72 bits per heavy atom. The van der Waals surface area contributed by atoms with Crippen LogP contribution in [0.2, 0.25) is 0 Å². The maximum Gasteiger partial charge on any atom is 1.00 e. The number of aliphatic hydroxyl groups is 1. The van der Waals surface area contributed by atoms with Crippen molar-refractivity contribution >= 4 is 40.6 Å². The maximum absolute atomic E-state index is 14.6. The van der Waals surface area contributed by atoms with E-state index in [1.165, 1.54) is 0 Å². The van der Waals surface area contributed by atoms with E-state index < -0.39 is 60.2 Å². The first-order chi connectivity index (χ1) is 14.6. The van der Waals surface area contributed by atoms with Gasteiger partial charge in [0.05, 0.1) is 20.8 Å². The van der Waals surface area contributed by atoms with Gasteiger partial charge in [-0.25, -0.2) is 13.7 Å². The summed E-state index contributed by atoms with van der Waals surface area (Å²) in [4.78, 5) is 64.7. The van der Waals surface area contributed by atoms with Crippen molar-refractivity contribution in [2.75, 3.05) is 12.3 Å². The minimum atomic E-state index is -6.19. The van der Waals surface area contributed by atoms with Crippen LogP contribution in [0.4, 0.5) is 10.3 Å². The van der Waals surface area contributed by atoms with Crippen molar-refractivity contribution in [1.82, 2.24) is 19.5 Å². The molecule has 0 radical (unpaired) electrons. The third-order valence-electron chi connectivity index (χ3n) is 3.82. The van der Waals surface area contributed by atoms with Gasteiger partial charge >= 0.3 is 75.4 Å². The average Bonchev–Trinajstić information content (AvgIpc) is 3.12. The Labute approximate surface area is 248 Å². The predicted octanol–water partition coefficient (Wildman–Crippen LogP) is -15.9. The van der Waals surface area contributed by atoms with Crippen molar-refractivity contribution in [2.45, 2.75) is 24.6 Å². The predicted molar refractivity (Wildman–Crippen MR) is 88.3 cm³/mol. The molecule has 0 aliphatic carbocycles. The third-order valence-corrected chi connectivity index (χ3v) is 7.48. The maximum atomic E-state index is 14.6. The largest absolute Gasteiger partial charge is 1.00 e. The zero-order valence-electron chi connectivity index (χ0n) is 19.1. The molecule has 3 unspecified atom stereocenters. The zero-order chi connectivity index (χ0) is 24.1. The minimum Gasteiger partial charge on any atom is -0.790 e. The van der Waals surface area contributed by atoms with Crippen LogP contribution in [-0.4, -0.2) is 49.6 Å². The smallest absolute Gasteiger partial charge is 0.790 e. The molecule has 26 heteroatoms. The number of aromatic nitrogens is 4. The van der Waals surface area contributed by atoms with Crippen molar-refractivity contribution in [3.63, 3.8) is 0 Å². The number of halogens is 1. The number of nitrogens with one attached hydrogen (secondary N) is 1. The van der Waals surface area contributed by atoms with E-state index in [1.807, 2.05) is 0 Å². The molecule has 2 aromatic heterocycles. The number of nitrogen functional groups attached to an aromatic ring is 1. The number of hydrogen-bond donors (Lipinski definition) is 3. The summed E-state index contributed by atoms with van der Waals surface area (Å²) in [6.45, 7) is -1.21. The van der Waals surface area contributed by atoms with E-state index in [1.54, 1.807) is 0 Å². The van der Waals surface area contributed by atoms with E-state index in [4.69, 9.17) is 10.5 Å². The molecule has 3 heterocycles. The quantitative estimate of drug-likeness (QED) is 0.203. The van der Waals surface area contributed by atoms with E-state index in [9.17, 15) is 47.6 Å². The van der Waals surface area contributed by atoms with E-state index >= 15 is 0 Å². The Morgan fingerprint density at radius 3 is 2.28 bits per heavy atom. The molecule has 1 aliphatic rings. The number of hydrogen-bond acceptors (Lipinski definition) is 16. The van der Waals surface area contributed by atoms with Crippen LogP contribution < -0.4 is 106 Å². The number of aliphatic hydroxyl groups excluding tert-OH is 1.